The van der Waals surface area contributed by atoms with Crippen LogP contribution in [-0.4, -0.2) is 28.7 Å². The van der Waals surface area contributed by atoms with E-state index in [2.05, 4.69) is 36.2 Å². The number of nitrogens with one attached hydrogen (secondary N) is 1. The molecule has 6 nitrogen and oxygen atoms in total. The minimum absolute atomic E-state index is 0.436. The van der Waals surface area contributed by atoms with Gasteiger partial charge in [-0.25, -0.2) is 9.97 Å². The first kappa shape index (κ1) is 13.5. The summed E-state index contributed by atoms with van der Waals surface area (Å²) in [5.74, 6) is 1.49. The molecule has 19 heavy (non-hydrogen) atoms. The first-order chi connectivity index (χ1) is 9.22. The van der Waals surface area contributed by atoms with Crippen molar-refractivity contribution in [1.82, 2.24) is 15.0 Å². The lowest BCUT2D eigenvalue weighted by Crippen LogP contribution is -2.00. The summed E-state index contributed by atoms with van der Waals surface area (Å²) in [4.78, 5) is 12.5. The number of hydrogen-bond donors (Lipinski definition) is 1. The van der Waals surface area contributed by atoms with E-state index >= 15 is 0 Å². The maximum absolute atomic E-state index is 5.27. The Balaban J connectivity index is 2.12. The molecule has 0 fully saturated rings. The molecule has 0 aliphatic rings. The van der Waals surface area contributed by atoms with Crippen molar-refractivity contribution in [1.29, 1.82) is 0 Å². The standard InChI is InChI=1S/C12H13BrN4O2/c1-3-19-10-5-4-8(6-14-10)16-12-15-7-9(13)11(17-12)18-2/h4-7H,3H2,1-2H3,(H,15,16,17). The van der Waals surface area contributed by atoms with Crippen LogP contribution in [0.4, 0.5) is 11.6 Å². The van der Waals surface area contributed by atoms with Crippen LogP contribution in [0.3, 0.4) is 0 Å². The summed E-state index contributed by atoms with van der Waals surface area (Å²) in [6.07, 6.45) is 3.28. The number of anilines is 2. The molecule has 0 saturated heterocycles. The van der Waals surface area contributed by atoms with Gasteiger partial charge in [-0.1, -0.05) is 0 Å². The minimum atomic E-state index is 0.436. The van der Waals surface area contributed by atoms with E-state index in [-0.39, 0.29) is 0 Å². The maximum atomic E-state index is 5.27. The van der Waals surface area contributed by atoms with E-state index in [1.165, 1.54) is 0 Å². The zero-order valence-corrected chi connectivity index (χ0v) is 12.1. The van der Waals surface area contributed by atoms with E-state index in [0.29, 0.717) is 28.8 Å². The molecule has 2 aromatic heterocycles. The molecule has 0 aliphatic heterocycles. The molecule has 2 rings (SSSR count). The molecule has 0 aromatic carbocycles. The molecule has 0 atom stereocenters. The quantitative estimate of drug-likeness (QED) is 0.912. The van der Waals surface area contributed by atoms with Crippen LogP contribution in [0.1, 0.15) is 6.92 Å². The number of ether oxygens (including phenoxy) is 2. The third kappa shape index (κ3) is 3.54. The van der Waals surface area contributed by atoms with Crippen LogP contribution in [-0.2, 0) is 0 Å². The van der Waals surface area contributed by atoms with Crippen molar-refractivity contribution < 1.29 is 9.47 Å². The van der Waals surface area contributed by atoms with E-state index in [4.69, 9.17) is 9.47 Å². The molecule has 0 aliphatic carbocycles. The molecule has 0 unspecified atom stereocenters. The lowest BCUT2D eigenvalue weighted by Gasteiger charge is -2.07. The predicted molar refractivity (Wildman–Crippen MR) is 75.0 cm³/mol. The Morgan fingerprint density at radius 1 is 1.26 bits per heavy atom. The van der Waals surface area contributed by atoms with E-state index in [0.717, 1.165) is 5.69 Å². The smallest absolute Gasteiger partial charge is 0.232 e. The van der Waals surface area contributed by atoms with Crippen LogP contribution in [0.2, 0.25) is 0 Å². The number of pyridine rings is 1. The SMILES string of the molecule is CCOc1ccc(Nc2ncc(Br)c(OC)n2)cn1. The molecule has 0 spiro atoms. The number of rotatable bonds is 5. The van der Waals surface area contributed by atoms with E-state index in [9.17, 15) is 0 Å². The summed E-state index contributed by atoms with van der Waals surface area (Å²) in [6, 6.07) is 3.62. The molecule has 0 bridgehead atoms. The van der Waals surface area contributed by atoms with Gasteiger partial charge in [0.1, 0.15) is 0 Å². The third-order valence-corrected chi connectivity index (χ3v) is 2.73. The van der Waals surface area contributed by atoms with Crippen molar-refractivity contribution >= 4 is 27.6 Å². The van der Waals surface area contributed by atoms with Crippen molar-refractivity contribution in [2.24, 2.45) is 0 Å². The lowest BCUT2D eigenvalue weighted by molar-refractivity contribution is 0.327. The van der Waals surface area contributed by atoms with Crippen LogP contribution in [0.25, 0.3) is 0 Å². The monoisotopic (exact) mass is 324 g/mol. The van der Waals surface area contributed by atoms with Crippen LogP contribution < -0.4 is 14.8 Å². The number of methoxy groups -OCH3 is 1. The summed E-state index contributed by atoms with van der Waals surface area (Å²) in [5.41, 5.74) is 0.771. The van der Waals surface area contributed by atoms with Gasteiger partial charge >= 0.3 is 0 Å². The van der Waals surface area contributed by atoms with Crippen molar-refractivity contribution in [3.8, 4) is 11.8 Å². The molecule has 0 saturated carbocycles. The Labute approximate surface area is 119 Å². The third-order valence-electron chi connectivity index (χ3n) is 2.19. The zero-order chi connectivity index (χ0) is 13.7. The fourth-order valence-corrected chi connectivity index (χ4v) is 1.72. The topological polar surface area (TPSA) is 69.2 Å². The Hall–Kier alpha value is -1.89. The van der Waals surface area contributed by atoms with E-state index < -0.39 is 0 Å². The lowest BCUT2D eigenvalue weighted by atomic mass is 10.4. The average Bonchev–Trinajstić information content (AvgIpc) is 2.43. The van der Waals surface area contributed by atoms with Gasteiger partial charge in [0.05, 0.1) is 36.3 Å². The maximum Gasteiger partial charge on any atom is 0.232 e. The van der Waals surface area contributed by atoms with Gasteiger partial charge < -0.3 is 14.8 Å². The highest BCUT2D eigenvalue weighted by atomic mass is 79.9. The average molecular weight is 325 g/mol. The predicted octanol–water partition coefficient (Wildman–Crippen LogP) is 2.79. The second kappa shape index (κ2) is 6.33. The Bertz CT molecular complexity index is 548. The molecule has 100 valence electrons. The Morgan fingerprint density at radius 3 is 2.74 bits per heavy atom. The van der Waals surface area contributed by atoms with Crippen molar-refractivity contribution in [2.45, 2.75) is 6.92 Å². The van der Waals surface area contributed by atoms with Gasteiger partial charge in [-0.3, -0.25) is 0 Å². The van der Waals surface area contributed by atoms with Gasteiger partial charge in [0.15, 0.2) is 0 Å². The highest BCUT2D eigenvalue weighted by molar-refractivity contribution is 9.10. The fourth-order valence-electron chi connectivity index (χ4n) is 1.37. The van der Waals surface area contributed by atoms with Crippen molar-refractivity contribution in [3.63, 3.8) is 0 Å². The van der Waals surface area contributed by atoms with Crippen molar-refractivity contribution in [2.75, 3.05) is 19.0 Å². The van der Waals surface area contributed by atoms with Crippen LogP contribution in [0.5, 0.6) is 11.8 Å². The molecular weight excluding hydrogens is 312 g/mol. The summed E-state index contributed by atoms with van der Waals surface area (Å²) in [5, 5.41) is 3.03. The Morgan fingerprint density at radius 2 is 2.11 bits per heavy atom. The van der Waals surface area contributed by atoms with Crippen LogP contribution >= 0.6 is 15.9 Å². The van der Waals surface area contributed by atoms with Gasteiger partial charge in [0, 0.05) is 6.07 Å². The first-order valence-electron chi connectivity index (χ1n) is 5.65. The summed E-state index contributed by atoms with van der Waals surface area (Å²) < 4.78 is 11.1. The van der Waals surface area contributed by atoms with Gasteiger partial charge in [-0.05, 0) is 28.9 Å². The van der Waals surface area contributed by atoms with Crippen LogP contribution in [0.15, 0.2) is 29.0 Å². The molecule has 7 heteroatoms. The van der Waals surface area contributed by atoms with Gasteiger partial charge in [0.2, 0.25) is 17.7 Å². The number of halogens is 1. The molecule has 2 aromatic rings. The van der Waals surface area contributed by atoms with E-state index in [1.54, 1.807) is 25.6 Å². The second-order valence-corrected chi connectivity index (χ2v) is 4.35. The van der Waals surface area contributed by atoms with Crippen molar-refractivity contribution in [3.05, 3.63) is 29.0 Å². The van der Waals surface area contributed by atoms with Gasteiger partial charge in [0.25, 0.3) is 0 Å². The normalized spacial score (nSPS) is 10.1. The number of hydrogen-bond acceptors (Lipinski definition) is 6. The molecule has 2 heterocycles. The molecule has 0 amide bonds. The number of aromatic nitrogens is 3. The highest BCUT2D eigenvalue weighted by Crippen LogP contribution is 2.23. The summed E-state index contributed by atoms with van der Waals surface area (Å²) in [7, 11) is 1.55. The van der Waals surface area contributed by atoms with Gasteiger partial charge in [-0.2, -0.15) is 4.98 Å². The van der Waals surface area contributed by atoms with E-state index in [1.807, 2.05) is 13.0 Å². The highest BCUT2D eigenvalue weighted by Gasteiger charge is 2.05. The second-order valence-electron chi connectivity index (χ2n) is 3.49. The molecule has 0 radical (unpaired) electrons. The first-order valence-corrected chi connectivity index (χ1v) is 6.44. The molecular formula is C12H13BrN4O2. The Kier molecular flexibility index (Phi) is 4.51. The van der Waals surface area contributed by atoms with Crippen LogP contribution in [0, 0.1) is 0 Å². The largest absolute Gasteiger partial charge is 0.480 e. The summed E-state index contributed by atoms with van der Waals surface area (Å²) in [6.45, 7) is 2.50. The fraction of sp³-hybridized carbons (Fsp3) is 0.250. The minimum Gasteiger partial charge on any atom is -0.480 e. The zero-order valence-electron chi connectivity index (χ0n) is 10.6. The number of nitrogens with zero attached hydrogens (tertiary/aromatic N) is 3. The molecule has 1 N–H and O–H groups in total. The summed E-state index contributed by atoms with van der Waals surface area (Å²) >= 11 is 3.30. The van der Waals surface area contributed by atoms with Gasteiger partial charge in [-0.15, -0.1) is 0 Å².